The lowest BCUT2D eigenvalue weighted by molar-refractivity contribution is 0.728. The minimum Gasteiger partial charge on any atom is -0.383 e. The van der Waals surface area contributed by atoms with Gasteiger partial charge in [-0.3, -0.25) is 4.99 Å². The average Bonchev–Trinajstić information content (AvgIpc) is 2.31. The molecule has 1 atom stereocenters. The monoisotopic (exact) mass is 232 g/mol. The molecular formula is C13H20N4. The van der Waals surface area contributed by atoms with Gasteiger partial charge in [-0.15, -0.1) is 0 Å². The van der Waals surface area contributed by atoms with Gasteiger partial charge in [0.2, 0.25) is 0 Å². The molecule has 0 saturated carbocycles. The van der Waals surface area contributed by atoms with Crippen molar-refractivity contribution in [3.8, 4) is 0 Å². The van der Waals surface area contributed by atoms with Crippen LogP contribution in [0.5, 0.6) is 0 Å². The fraction of sp³-hybridized carbons (Fsp3) is 0.308. The van der Waals surface area contributed by atoms with Crippen molar-refractivity contribution in [3.63, 3.8) is 0 Å². The number of nitrogens with two attached hydrogens (primary N) is 1. The Morgan fingerprint density at radius 1 is 1.41 bits per heavy atom. The van der Waals surface area contributed by atoms with Crippen LogP contribution in [-0.2, 0) is 0 Å². The van der Waals surface area contributed by atoms with E-state index in [1.807, 2.05) is 37.3 Å². The molecule has 0 saturated heterocycles. The number of allylic oxidation sites excluding steroid dienone is 5. The van der Waals surface area contributed by atoms with Crippen molar-refractivity contribution < 1.29 is 0 Å². The Morgan fingerprint density at radius 2 is 2.18 bits per heavy atom. The molecule has 0 aromatic carbocycles. The van der Waals surface area contributed by atoms with E-state index in [1.165, 1.54) is 0 Å². The maximum Gasteiger partial charge on any atom is 0.142 e. The first-order chi connectivity index (χ1) is 8.17. The Kier molecular flexibility index (Phi) is 5.23. The molecule has 92 valence electrons. The SMILES string of the molecule is CN=C(NN)C1=C/C=C(\C)NC(C)\C=C/C=C\1. The van der Waals surface area contributed by atoms with Gasteiger partial charge in [0, 0.05) is 24.4 Å². The van der Waals surface area contributed by atoms with Gasteiger partial charge in [0.15, 0.2) is 0 Å². The van der Waals surface area contributed by atoms with Gasteiger partial charge >= 0.3 is 0 Å². The number of nitrogens with zero attached hydrogens (tertiary/aromatic N) is 1. The molecule has 1 unspecified atom stereocenters. The highest BCUT2D eigenvalue weighted by Crippen LogP contribution is 2.04. The fourth-order valence-corrected chi connectivity index (χ4v) is 1.55. The molecule has 0 radical (unpaired) electrons. The fourth-order valence-electron chi connectivity index (χ4n) is 1.55. The third-order valence-electron chi connectivity index (χ3n) is 2.39. The Hall–Kier alpha value is -1.81. The lowest BCUT2D eigenvalue weighted by atomic mass is 10.1. The summed E-state index contributed by atoms with van der Waals surface area (Å²) in [6.07, 6.45) is 12.0. The minimum atomic E-state index is 0.317. The molecule has 4 N–H and O–H groups in total. The first-order valence-electron chi connectivity index (χ1n) is 5.61. The van der Waals surface area contributed by atoms with Crippen LogP contribution in [0.1, 0.15) is 13.8 Å². The van der Waals surface area contributed by atoms with Gasteiger partial charge in [0.25, 0.3) is 0 Å². The molecule has 0 spiro atoms. The van der Waals surface area contributed by atoms with Gasteiger partial charge in [-0.25, -0.2) is 5.84 Å². The Morgan fingerprint density at radius 3 is 2.82 bits per heavy atom. The summed E-state index contributed by atoms with van der Waals surface area (Å²) < 4.78 is 0. The van der Waals surface area contributed by atoms with E-state index < -0.39 is 0 Å². The normalized spacial score (nSPS) is 31.3. The zero-order chi connectivity index (χ0) is 12.7. The second-order valence-electron chi connectivity index (χ2n) is 3.87. The first-order valence-corrected chi connectivity index (χ1v) is 5.61. The molecule has 4 heteroatoms. The van der Waals surface area contributed by atoms with Crippen LogP contribution < -0.4 is 16.6 Å². The van der Waals surface area contributed by atoms with E-state index in [1.54, 1.807) is 7.05 Å². The highest BCUT2D eigenvalue weighted by atomic mass is 15.2. The number of hydrogen-bond acceptors (Lipinski definition) is 3. The molecular weight excluding hydrogens is 212 g/mol. The molecule has 0 amide bonds. The van der Waals surface area contributed by atoms with Crippen molar-refractivity contribution in [2.75, 3.05) is 7.05 Å². The summed E-state index contributed by atoms with van der Waals surface area (Å²) in [7, 11) is 1.70. The van der Waals surface area contributed by atoms with Gasteiger partial charge in [-0.05, 0) is 26.0 Å². The van der Waals surface area contributed by atoms with Crippen LogP contribution >= 0.6 is 0 Å². The number of aliphatic imine (C=N–C) groups is 1. The van der Waals surface area contributed by atoms with Gasteiger partial charge in [0.05, 0.1) is 0 Å². The summed E-state index contributed by atoms with van der Waals surface area (Å²) in [6.45, 7) is 4.14. The van der Waals surface area contributed by atoms with Crippen LogP contribution in [-0.4, -0.2) is 18.9 Å². The molecule has 0 aliphatic carbocycles. The summed E-state index contributed by atoms with van der Waals surface area (Å²) in [5.74, 6) is 6.08. The predicted molar refractivity (Wildman–Crippen MR) is 73.4 cm³/mol. The quantitative estimate of drug-likeness (QED) is 0.277. The summed E-state index contributed by atoms with van der Waals surface area (Å²) in [5, 5.41) is 3.35. The van der Waals surface area contributed by atoms with Gasteiger partial charge in [-0.2, -0.15) is 0 Å². The third kappa shape index (κ3) is 4.28. The second kappa shape index (κ2) is 6.70. The van der Waals surface area contributed by atoms with Gasteiger partial charge < -0.3 is 10.7 Å². The van der Waals surface area contributed by atoms with Crippen LogP contribution in [0.2, 0.25) is 0 Å². The predicted octanol–water partition coefficient (Wildman–Crippen LogP) is 1.41. The number of hydrogen-bond donors (Lipinski definition) is 3. The molecule has 1 heterocycles. The van der Waals surface area contributed by atoms with E-state index in [0.29, 0.717) is 11.9 Å². The smallest absolute Gasteiger partial charge is 0.142 e. The molecule has 0 fully saturated rings. The van der Waals surface area contributed by atoms with Crippen molar-refractivity contribution in [3.05, 3.63) is 47.7 Å². The van der Waals surface area contributed by atoms with Crippen molar-refractivity contribution in [1.82, 2.24) is 10.7 Å². The highest BCUT2D eigenvalue weighted by Gasteiger charge is 2.01. The van der Waals surface area contributed by atoms with Crippen molar-refractivity contribution in [2.45, 2.75) is 19.9 Å². The van der Waals surface area contributed by atoms with Crippen LogP contribution in [0, 0.1) is 0 Å². The zero-order valence-corrected chi connectivity index (χ0v) is 10.6. The summed E-state index contributed by atoms with van der Waals surface area (Å²) in [4.78, 5) is 4.08. The van der Waals surface area contributed by atoms with Crippen molar-refractivity contribution >= 4 is 5.84 Å². The third-order valence-corrected chi connectivity index (χ3v) is 2.39. The van der Waals surface area contributed by atoms with Gasteiger partial charge in [0.1, 0.15) is 5.84 Å². The summed E-state index contributed by atoms with van der Waals surface area (Å²) in [5.41, 5.74) is 4.63. The molecule has 0 aromatic heterocycles. The van der Waals surface area contributed by atoms with Crippen LogP contribution in [0.3, 0.4) is 0 Å². The molecule has 1 rings (SSSR count). The molecule has 4 nitrogen and oxygen atoms in total. The highest BCUT2D eigenvalue weighted by molar-refractivity contribution is 6.00. The topological polar surface area (TPSA) is 62.4 Å². The largest absolute Gasteiger partial charge is 0.383 e. The van der Waals surface area contributed by atoms with E-state index in [2.05, 4.69) is 28.7 Å². The lowest BCUT2D eigenvalue weighted by Crippen LogP contribution is -2.31. The number of hydrazine groups is 1. The first kappa shape index (κ1) is 13.3. The number of rotatable bonds is 1. The molecule has 0 bridgehead atoms. The Bertz CT molecular complexity index is 400. The molecule has 1 aliphatic heterocycles. The van der Waals surface area contributed by atoms with Crippen LogP contribution in [0.25, 0.3) is 0 Å². The zero-order valence-electron chi connectivity index (χ0n) is 10.6. The molecule has 1 aliphatic rings. The van der Waals surface area contributed by atoms with E-state index in [0.717, 1.165) is 11.3 Å². The molecule has 17 heavy (non-hydrogen) atoms. The van der Waals surface area contributed by atoms with Crippen molar-refractivity contribution in [2.24, 2.45) is 10.8 Å². The van der Waals surface area contributed by atoms with E-state index >= 15 is 0 Å². The Balaban J connectivity index is 3.04. The van der Waals surface area contributed by atoms with E-state index in [9.17, 15) is 0 Å². The van der Waals surface area contributed by atoms with Crippen LogP contribution in [0.4, 0.5) is 0 Å². The average molecular weight is 232 g/mol. The Labute approximate surface area is 103 Å². The van der Waals surface area contributed by atoms with E-state index in [4.69, 9.17) is 5.84 Å². The van der Waals surface area contributed by atoms with E-state index in [-0.39, 0.29) is 0 Å². The summed E-state index contributed by atoms with van der Waals surface area (Å²) in [6, 6.07) is 0.317. The minimum absolute atomic E-state index is 0.317. The standard InChI is InChI=1S/C13H20N4/c1-10-6-4-5-7-12(13(15-3)17-14)9-8-11(2)16-10/h4-10,16H,14H2,1-3H3,(H,15,17)/b6-4-,7-5-,11-8+,12-9+. The maximum atomic E-state index is 5.42. The second-order valence-corrected chi connectivity index (χ2v) is 3.87. The lowest BCUT2D eigenvalue weighted by Gasteiger charge is -2.12. The molecule has 0 aromatic rings. The summed E-state index contributed by atoms with van der Waals surface area (Å²) >= 11 is 0. The number of amidine groups is 1. The van der Waals surface area contributed by atoms with Crippen LogP contribution in [0.15, 0.2) is 52.7 Å². The van der Waals surface area contributed by atoms with Gasteiger partial charge in [-0.1, -0.05) is 24.3 Å². The number of nitrogens with one attached hydrogen (secondary N) is 2. The van der Waals surface area contributed by atoms with Crippen molar-refractivity contribution in [1.29, 1.82) is 0 Å². The maximum absolute atomic E-state index is 5.42.